The molecule has 5 nitrogen and oxygen atoms in total. The van der Waals surface area contributed by atoms with Crippen LogP contribution in [0, 0.1) is 0 Å². The van der Waals surface area contributed by atoms with E-state index in [-0.39, 0.29) is 36.8 Å². The van der Waals surface area contributed by atoms with Gasteiger partial charge in [0.1, 0.15) is 6.04 Å². The first-order valence-electron chi connectivity index (χ1n) is 7.92. The zero-order chi connectivity index (χ0) is 16.8. The molecule has 26 heavy (non-hydrogen) atoms. The van der Waals surface area contributed by atoms with Crippen LogP contribution in [0.15, 0.2) is 48.5 Å². The van der Waals surface area contributed by atoms with Crippen molar-refractivity contribution >= 4 is 53.7 Å². The van der Waals surface area contributed by atoms with Crippen molar-refractivity contribution in [3.63, 3.8) is 0 Å². The lowest BCUT2D eigenvalue weighted by atomic mass is 10.2. The number of halogens is 3. The minimum Gasteiger partial charge on any atom is -0.380 e. The van der Waals surface area contributed by atoms with Crippen molar-refractivity contribution in [2.75, 3.05) is 30.4 Å². The lowest BCUT2D eigenvalue weighted by Crippen LogP contribution is -2.48. The summed E-state index contributed by atoms with van der Waals surface area (Å²) >= 11 is 6.31. The summed E-state index contributed by atoms with van der Waals surface area (Å²) in [4.78, 5) is 12.2. The molecule has 1 saturated heterocycles. The van der Waals surface area contributed by atoms with Crippen LogP contribution in [0.3, 0.4) is 0 Å². The SMILES string of the molecule is Cl.Cl.O=C(Nc1ccc(NCc2ccccc2)c(Cl)c1)C1COCCN1. The number of anilines is 2. The van der Waals surface area contributed by atoms with Crippen molar-refractivity contribution < 1.29 is 9.53 Å². The molecule has 1 aliphatic heterocycles. The molecule has 3 rings (SSSR count). The number of hydrogen-bond donors (Lipinski definition) is 3. The van der Waals surface area contributed by atoms with E-state index in [0.29, 0.717) is 37.0 Å². The van der Waals surface area contributed by atoms with Gasteiger partial charge in [-0.25, -0.2) is 0 Å². The average Bonchev–Trinajstić information content (AvgIpc) is 2.62. The van der Waals surface area contributed by atoms with Gasteiger partial charge in [-0.15, -0.1) is 24.8 Å². The van der Waals surface area contributed by atoms with Crippen LogP contribution in [0.5, 0.6) is 0 Å². The lowest BCUT2D eigenvalue weighted by molar-refractivity contribution is -0.120. The average molecular weight is 419 g/mol. The van der Waals surface area contributed by atoms with Gasteiger partial charge in [0.05, 0.1) is 23.9 Å². The summed E-state index contributed by atoms with van der Waals surface area (Å²) in [5, 5.41) is 9.84. The Balaban J connectivity index is 0.00000169. The molecule has 0 radical (unpaired) electrons. The summed E-state index contributed by atoms with van der Waals surface area (Å²) < 4.78 is 5.30. The Labute approximate surface area is 170 Å². The van der Waals surface area contributed by atoms with Crippen LogP contribution in [0.2, 0.25) is 5.02 Å². The van der Waals surface area contributed by atoms with Gasteiger partial charge in [-0.3, -0.25) is 4.79 Å². The van der Waals surface area contributed by atoms with E-state index in [1.165, 1.54) is 5.56 Å². The Morgan fingerprint density at radius 2 is 1.96 bits per heavy atom. The Bertz CT molecular complexity index is 695. The van der Waals surface area contributed by atoms with Crippen molar-refractivity contribution in [1.82, 2.24) is 5.32 Å². The van der Waals surface area contributed by atoms with Gasteiger partial charge >= 0.3 is 0 Å². The van der Waals surface area contributed by atoms with Gasteiger partial charge in [-0.2, -0.15) is 0 Å². The molecule has 1 aliphatic rings. The number of morpholine rings is 1. The van der Waals surface area contributed by atoms with Crippen LogP contribution in [0.4, 0.5) is 11.4 Å². The number of ether oxygens (including phenoxy) is 1. The zero-order valence-corrected chi connectivity index (χ0v) is 16.4. The summed E-state index contributed by atoms with van der Waals surface area (Å²) in [6, 6.07) is 15.2. The molecular formula is C18H22Cl3N3O2. The van der Waals surface area contributed by atoms with E-state index in [9.17, 15) is 4.79 Å². The predicted octanol–water partition coefficient (Wildman–Crippen LogP) is 3.72. The number of carbonyl (C=O) groups excluding carboxylic acids is 1. The third kappa shape index (κ3) is 6.34. The Morgan fingerprint density at radius 1 is 1.19 bits per heavy atom. The minimum atomic E-state index is -0.326. The van der Waals surface area contributed by atoms with E-state index < -0.39 is 0 Å². The van der Waals surface area contributed by atoms with Crippen molar-refractivity contribution in [3.05, 3.63) is 59.1 Å². The van der Waals surface area contributed by atoms with E-state index >= 15 is 0 Å². The van der Waals surface area contributed by atoms with Crippen molar-refractivity contribution in [3.8, 4) is 0 Å². The van der Waals surface area contributed by atoms with Gasteiger partial charge in [-0.1, -0.05) is 41.9 Å². The van der Waals surface area contributed by atoms with Gasteiger partial charge in [0, 0.05) is 18.8 Å². The van der Waals surface area contributed by atoms with Crippen molar-refractivity contribution in [2.45, 2.75) is 12.6 Å². The second-order valence-corrected chi connectivity index (χ2v) is 6.01. The molecule has 1 unspecified atom stereocenters. The minimum absolute atomic E-state index is 0. The third-order valence-electron chi connectivity index (χ3n) is 3.80. The molecule has 0 spiro atoms. The Kier molecular flexibility index (Phi) is 9.76. The summed E-state index contributed by atoms with van der Waals surface area (Å²) in [5.74, 6) is -0.115. The van der Waals surface area contributed by atoms with E-state index in [1.54, 1.807) is 6.07 Å². The fraction of sp³-hybridized carbons (Fsp3) is 0.278. The van der Waals surface area contributed by atoms with Gasteiger partial charge in [0.15, 0.2) is 0 Å². The van der Waals surface area contributed by atoms with Crippen LogP contribution < -0.4 is 16.0 Å². The Hall–Kier alpha value is -1.50. The fourth-order valence-electron chi connectivity index (χ4n) is 2.49. The van der Waals surface area contributed by atoms with Gasteiger partial charge in [0.25, 0.3) is 0 Å². The molecule has 1 heterocycles. The number of hydrogen-bond acceptors (Lipinski definition) is 4. The van der Waals surface area contributed by atoms with E-state index in [4.69, 9.17) is 16.3 Å². The molecule has 1 amide bonds. The monoisotopic (exact) mass is 417 g/mol. The van der Waals surface area contributed by atoms with Gasteiger partial charge in [0.2, 0.25) is 5.91 Å². The number of amides is 1. The topological polar surface area (TPSA) is 62.4 Å². The zero-order valence-electron chi connectivity index (χ0n) is 14.0. The summed E-state index contributed by atoms with van der Waals surface area (Å²) in [7, 11) is 0. The number of carbonyl (C=O) groups is 1. The standard InChI is InChI=1S/C18H20ClN3O2.2ClH/c19-15-10-14(22-18(23)17-12-24-9-8-20-17)6-7-16(15)21-11-13-4-2-1-3-5-13;;/h1-7,10,17,20-21H,8-9,11-12H2,(H,22,23);2*1H. The summed E-state index contributed by atoms with van der Waals surface area (Å²) in [5.41, 5.74) is 2.68. The highest BCUT2D eigenvalue weighted by Gasteiger charge is 2.21. The normalized spacial score (nSPS) is 16.0. The van der Waals surface area contributed by atoms with Crippen molar-refractivity contribution in [2.24, 2.45) is 0 Å². The largest absolute Gasteiger partial charge is 0.380 e. The summed E-state index contributed by atoms with van der Waals surface area (Å²) in [6.45, 7) is 2.39. The maximum atomic E-state index is 12.2. The third-order valence-corrected chi connectivity index (χ3v) is 4.11. The van der Waals surface area contributed by atoms with Crippen LogP contribution >= 0.6 is 36.4 Å². The first-order valence-corrected chi connectivity index (χ1v) is 8.29. The first-order chi connectivity index (χ1) is 11.7. The van der Waals surface area contributed by atoms with Crippen LogP contribution in [-0.4, -0.2) is 31.7 Å². The fourth-order valence-corrected chi connectivity index (χ4v) is 2.74. The van der Waals surface area contributed by atoms with Crippen LogP contribution in [0.25, 0.3) is 0 Å². The molecule has 2 aromatic carbocycles. The molecule has 0 aliphatic carbocycles. The number of nitrogens with one attached hydrogen (secondary N) is 3. The quantitative estimate of drug-likeness (QED) is 0.692. The van der Waals surface area contributed by atoms with E-state index in [2.05, 4.69) is 28.1 Å². The van der Waals surface area contributed by atoms with Gasteiger partial charge < -0.3 is 20.7 Å². The Morgan fingerprint density at radius 3 is 2.62 bits per heavy atom. The molecule has 8 heteroatoms. The molecule has 142 valence electrons. The maximum absolute atomic E-state index is 12.2. The molecule has 0 bridgehead atoms. The molecule has 0 saturated carbocycles. The lowest BCUT2D eigenvalue weighted by Gasteiger charge is -2.23. The van der Waals surface area contributed by atoms with Gasteiger partial charge in [-0.05, 0) is 23.8 Å². The highest BCUT2D eigenvalue weighted by Crippen LogP contribution is 2.26. The molecule has 2 aromatic rings. The van der Waals surface area contributed by atoms with E-state index in [1.807, 2.05) is 30.3 Å². The molecular weight excluding hydrogens is 397 g/mol. The maximum Gasteiger partial charge on any atom is 0.243 e. The predicted molar refractivity (Wildman–Crippen MR) is 111 cm³/mol. The second kappa shape index (κ2) is 11.3. The molecule has 3 N–H and O–H groups in total. The molecule has 1 fully saturated rings. The first kappa shape index (κ1) is 22.5. The number of rotatable bonds is 5. The number of benzene rings is 2. The smallest absolute Gasteiger partial charge is 0.243 e. The highest BCUT2D eigenvalue weighted by atomic mass is 35.5. The second-order valence-electron chi connectivity index (χ2n) is 5.60. The van der Waals surface area contributed by atoms with Crippen LogP contribution in [0.1, 0.15) is 5.56 Å². The van der Waals surface area contributed by atoms with Crippen molar-refractivity contribution in [1.29, 1.82) is 0 Å². The highest BCUT2D eigenvalue weighted by molar-refractivity contribution is 6.33. The molecule has 0 aromatic heterocycles. The van der Waals surface area contributed by atoms with Crippen LogP contribution in [-0.2, 0) is 16.1 Å². The van der Waals surface area contributed by atoms with E-state index in [0.717, 1.165) is 5.69 Å². The summed E-state index contributed by atoms with van der Waals surface area (Å²) in [6.07, 6.45) is 0. The molecule has 1 atom stereocenters.